The van der Waals surface area contributed by atoms with Crippen LogP contribution in [0.15, 0.2) is 42.0 Å². The van der Waals surface area contributed by atoms with Gasteiger partial charge in [0.05, 0.1) is 0 Å². The van der Waals surface area contributed by atoms with Crippen LogP contribution in [0.3, 0.4) is 0 Å². The first-order chi connectivity index (χ1) is 6.95. The van der Waals surface area contributed by atoms with Gasteiger partial charge in [-0.05, 0) is 36.0 Å². The summed E-state index contributed by atoms with van der Waals surface area (Å²) in [5.74, 6) is 0. The molecule has 0 spiro atoms. The van der Waals surface area contributed by atoms with Crippen LogP contribution in [0.25, 0.3) is 5.57 Å². The van der Waals surface area contributed by atoms with Crippen molar-refractivity contribution in [1.29, 1.82) is 0 Å². The minimum Gasteiger partial charge on any atom is -0.0758 e. The summed E-state index contributed by atoms with van der Waals surface area (Å²) >= 11 is 0. The molecule has 1 aromatic carbocycles. The van der Waals surface area contributed by atoms with Gasteiger partial charge < -0.3 is 0 Å². The van der Waals surface area contributed by atoms with Crippen molar-refractivity contribution in [3.05, 3.63) is 59.5 Å². The summed E-state index contributed by atoms with van der Waals surface area (Å²) in [6.45, 7) is 0. The molecular weight excluding hydrogens is 168 g/mol. The predicted molar refractivity (Wildman–Crippen MR) is 59.7 cm³/mol. The zero-order valence-corrected chi connectivity index (χ0v) is 8.16. The van der Waals surface area contributed by atoms with Crippen molar-refractivity contribution in [3.63, 3.8) is 0 Å². The second kappa shape index (κ2) is 3.13. The highest BCUT2D eigenvalue weighted by Crippen LogP contribution is 2.35. The van der Waals surface area contributed by atoms with Crippen molar-refractivity contribution in [3.8, 4) is 0 Å². The number of rotatable bonds is 0. The Balaban J connectivity index is 2.20. The Morgan fingerprint density at radius 1 is 1.00 bits per heavy atom. The molecule has 69 valence electrons. The first-order valence-electron chi connectivity index (χ1n) is 5.28. The van der Waals surface area contributed by atoms with Crippen LogP contribution < -0.4 is 0 Å². The van der Waals surface area contributed by atoms with Crippen molar-refractivity contribution in [2.75, 3.05) is 0 Å². The molecule has 0 saturated carbocycles. The van der Waals surface area contributed by atoms with E-state index in [9.17, 15) is 0 Å². The van der Waals surface area contributed by atoms with Gasteiger partial charge in [-0.1, -0.05) is 42.0 Å². The third-order valence-corrected chi connectivity index (χ3v) is 3.11. The summed E-state index contributed by atoms with van der Waals surface area (Å²) in [6, 6.07) is 8.80. The Bertz CT molecular complexity index is 421. The van der Waals surface area contributed by atoms with E-state index in [1.807, 2.05) is 0 Å². The van der Waals surface area contributed by atoms with Crippen molar-refractivity contribution in [1.82, 2.24) is 0 Å². The van der Waals surface area contributed by atoms with Gasteiger partial charge in [0.2, 0.25) is 0 Å². The minimum atomic E-state index is 1.23. The highest BCUT2D eigenvalue weighted by molar-refractivity contribution is 5.83. The second-order valence-corrected chi connectivity index (χ2v) is 3.98. The van der Waals surface area contributed by atoms with Gasteiger partial charge in [-0.3, -0.25) is 0 Å². The molecule has 0 aliphatic heterocycles. The zero-order chi connectivity index (χ0) is 9.38. The average Bonchev–Trinajstić information content (AvgIpc) is 2.61. The molecule has 0 bridgehead atoms. The van der Waals surface area contributed by atoms with Gasteiger partial charge in [0.1, 0.15) is 0 Å². The van der Waals surface area contributed by atoms with Gasteiger partial charge in [0.15, 0.2) is 0 Å². The fraction of sp³-hybridized carbons (Fsp3) is 0.214. The summed E-state index contributed by atoms with van der Waals surface area (Å²) in [5.41, 5.74) is 5.94. The largest absolute Gasteiger partial charge is 0.0758 e. The van der Waals surface area contributed by atoms with E-state index in [4.69, 9.17) is 0 Å². The van der Waals surface area contributed by atoms with E-state index < -0.39 is 0 Å². The number of benzene rings is 1. The minimum absolute atomic E-state index is 1.23. The van der Waals surface area contributed by atoms with Crippen LogP contribution in [-0.4, -0.2) is 0 Å². The molecule has 0 atom stereocenters. The lowest BCUT2D eigenvalue weighted by Gasteiger charge is -2.06. The van der Waals surface area contributed by atoms with E-state index in [0.29, 0.717) is 0 Å². The molecule has 0 unspecified atom stereocenters. The van der Waals surface area contributed by atoms with Gasteiger partial charge in [0, 0.05) is 6.42 Å². The Labute approximate surface area is 85.0 Å². The van der Waals surface area contributed by atoms with Crippen molar-refractivity contribution < 1.29 is 0 Å². The zero-order valence-electron chi connectivity index (χ0n) is 8.16. The molecular formula is C14H13. The van der Waals surface area contributed by atoms with Crippen LogP contribution in [0.2, 0.25) is 0 Å². The van der Waals surface area contributed by atoms with E-state index in [1.54, 1.807) is 0 Å². The Morgan fingerprint density at radius 2 is 1.93 bits per heavy atom. The lowest BCUT2D eigenvalue weighted by molar-refractivity contribution is 0.830. The third kappa shape index (κ3) is 1.14. The van der Waals surface area contributed by atoms with Crippen LogP contribution >= 0.6 is 0 Å². The van der Waals surface area contributed by atoms with E-state index >= 15 is 0 Å². The number of hydrogen-bond donors (Lipinski definition) is 0. The fourth-order valence-electron chi connectivity index (χ4n) is 2.41. The van der Waals surface area contributed by atoms with E-state index in [1.165, 1.54) is 41.5 Å². The summed E-state index contributed by atoms with van der Waals surface area (Å²) < 4.78 is 0. The van der Waals surface area contributed by atoms with Crippen LogP contribution in [0.5, 0.6) is 0 Å². The maximum Gasteiger partial charge on any atom is 0.00900 e. The molecule has 0 heterocycles. The van der Waals surface area contributed by atoms with Crippen LogP contribution in [0.1, 0.15) is 24.0 Å². The Kier molecular flexibility index (Phi) is 1.80. The average molecular weight is 181 g/mol. The Morgan fingerprint density at radius 3 is 2.93 bits per heavy atom. The molecule has 0 aromatic heterocycles. The quantitative estimate of drug-likeness (QED) is 0.574. The monoisotopic (exact) mass is 181 g/mol. The highest BCUT2D eigenvalue weighted by atomic mass is 14.2. The van der Waals surface area contributed by atoms with Crippen LogP contribution in [0, 0.1) is 6.42 Å². The van der Waals surface area contributed by atoms with Crippen LogP contribution in [0.4, 0.5) is 0 Å². The number of aryl methyl sites for hydroxylation is 1. The summed E-state index contributed by atoms with van der Waals surface area (Å²) in [6.07, 6.45) is 10.4. The normalized spacial score (nSPS) is 19.1. The number of fused-ring (bicyclic) bond motifs is 2. The van der Waals surface area contributed by atoms with Crippen molar-refractivity contribution >= 4 is 5.57 Å². The second-order valence-electron chi connectivity index (χ2n) is 3.98. The molecule has 2 aliphatic carbocycles. The molecule has 3 rings (SSSR count). The van der Waals surface area contributed by atoms with E-state index in [2.05, 4.69) is 42.8 Å². The van der Waals surface area contributed by atoms with E-state index in [-0.39, 0.29) is 0 Å². The first kappa shape index (κ1) is 8.05. The molecule has 0 nitrogen and oxygen atoms in total. The lowest BCUT2D eigenvalue weighted by atomic mass is 9.99. The first-order valence-corrected chi connectivity index (χ1v) is 5.28. The highest BCUT2D eigenvalue weighted by Gasteiger charge is 2.16. The molecule has 1 radical (unpaired) electrons. The summed E-state index contributed by atoms with van der Waals surface area (Å²) in [7, 11) is 0. The number of allylic oxidation sites excluding steroid dienone is 4. The fourth-order valence-corrected chi connectivity index (χ4v) is 2.41. The summed E-state index contributed by atoms with van der Waals surface area (Å²) in [4.78, 5) is 0. The number of hydrogen-bond acceptors (Lipinski definition) is 0. The SMILES string of the molecule is [CH]1C=CC2=C1CCCc1ccccc12. The van der Waals surface area contributed by atoms with Crippen molar-refractivity contribution in [2.24, 2.45) is 0 Å². The molecule has 0 fully saturated rings. The molecule has 0 amide bonds. The summed E-state index contributed by atoms with van der Waals surface area (Å²) in [5, 5.41) is 0. The van der Waals surface area contributed by atoms with Gasteiger partial charge in [-0.2, -0.15) is 0 Å². The topological polar surface area (TPSA) is 0 Å². The third-order valence-electron chi connectivity index (χ3n) is 3.11. The molecule has 2 aliphatic rings. The lowest BCUT2D eigenvalue weighted by Crippen LogP contribution is -1.88. The standard InChI is InChI=1S/C14H13/c1-2-9-13-11(5-1)6-3-7-12-8-4-10-14(12)13/h1-2,4-5,8-10H,3,6-7H2. The van der Waals surface area contributed by atoms with Crippen molar-refractivity contribution in [2.45, 2.75) is 19.3 Å². The maximum atomic E-state index is 2.26. The van der Waals surface area contributed by atoms with Crippen LogP contribution in [-0.2, 0) is 6.42 Å². The van der Waals surface area contributed by atoms with Gasteiger partial charge in [-0.15, -0.1) is 0 Å². The maximum absolute atomic E-state index is 2.26. The van der Waals surface area contributed by atoms with E-state index in [0.717, 1.165) is 0 Å². The van der Waals surface area contributed by atoms with Gasteiger partial charge in [0.25, 0.3) is 0 Å². The predicted octanol–water partition coefficient (Wildman–Crippen LogP) is 3.55. The Hall–Kier alpha value is -1.30. The molecule has 14 heavy (non-hydrogen) atoms. The molecule has 1 aromatic rings. The molecule has 0 heteroatoms. The molecule has 0 N–H and O–H groups in total. The van der Waals surface area contributed by atoms with Gasteiger partial charge >= 0.3 is 0 Å². The smallest absolute Gasteiger partial charge is 0.00900 e. The van der Waals surface area contributed by atoms with Gasteiger partial charge in [-0.25, -0.2) is 0 Å². The molecule has 0 saturated heterocycles.